The Hall–Kier alpha value is -2.25. The lowest BCUT2D eigenvalue weighted by Gasteiger charge is -2.32. The highest BCUT2D eigenvalue weighted by Crippen LogP contribution is 2.27. The summed E-state index contributed by atoms with van der Waals surface area (Å²) in [5.74, 6) is -0.251. The fraction of sp³-hybridized carbons (Fsp3) is 0.542. The molecule has 2 heterocycles. The summed E-state index contributed by atoms with van der Waals surface area (Å²) in [6.45, 7) is 12.8. The van der Waals surface area contributed by atoms with Gasteiger partial charge in [-0.1, -0.05) is 58.9 Å². The van der Waals surface area contributed by atoms with Crippen LogP contribution in [0.25, 0.3) is 10.4 Å². The van der Waals surface area contributed by atoms with Crippen molar-refractivity contribution in [1.82, 2.24) is 15.2 Å². The van der Waals surface area contributed by atoms with Crippen molar-refractivity contribution in [1.29, 1.82) is 0 Å². The lowest BCUT2D eigenvalue weighted by Crippen LogP contribution is -2.54. The van der Waals surface area contributed by atoms with Crippen molar-refractivity contribution in [3.05, 3.63) is 41.0 Å². The first kappa shape index (κ1) is 25.0. The molecule has 7 heteroatoms. The number of thiazole rings is 1. The van der Waals surface area contributed by atoms with E-state index in [4.69, 9.17) is 5.73 Å². The normalized spacial score (nSPS) is 17.0. The molecule has 6 nitrogen and oxygen atoms in total. The van der Waals surface area contributed by atoms with E-state index in [1.807, 2.05) is 59.2 Å². The molecule has 1 saturated heterocycles. The van der Waals surface area contributed by atoms with E-state index in [1.54, 1.807) is 16.2 Å². The third-order valence-corrected chi connectivity index (χ3v) is 6.44. The van der Waals surface area contributed by atoms with Crippen LogP contribution in [0.3, 0.4) is 0 Å². The summed E-state index contributed by atoms with van der Waals surface area (Å²) >= 11 is 1.62. The molecular weight excluding hydrogens is 408 g/mol. The standard InChI is InChI=1S/C22H30N4O2S.C2H6/c1-14-18(29-13-25-14)16-9-7-15(8-10-16)12-24-20(27)17-6-5-11-26(17)21(28)19(23)22(2,3)4;1-2/h7-10,13,17,19H,5-6,11-12,23H2,1-4H3,(H,24,27);1-2H3/t17?,19-;/m1./s1. The number of rotatable bonds is 5. The minimum Gasteiger partial charge on any atom is -0.350 e. The lowest BCUT2D eigenvalue weighted by molar-refractivity contribution is -0.141. The Bertz CT molecular complexity index is 870. The third kappa shape index (κ3) is 6.14. The number of aryl methyl sites for hydroxylation is 1. The van der Waals surface area contributed by atoms with Crippen molar-refractivity contribution < 1.29 is 9.59 Å². The minimum absolute atomic E-state index is 0.112. The van der Waals surface area contributed by atoms with Gasteiger partial charge in [0.25, 0.3) is 0 Å². The Morgan fingerprint density at radius 1 is 1.26 bits per heavy atom. The van der Waals surface area contributed by atoms with Gasteiger partial charge in [-0.15, -0.1) is 11.3 Å². The van der Waals surface area contributed by atoms with Gasteiger partial charge in [0, 0.05) is 13.1 Å². The molecule has 3 rings (SSSR count). The second kappa shape index (κ2) is 10.9. The van der Waals surface area contributed by atoms with E-state index < -0.39 is 12.1 Å². The molecule has 1 aliphatic heterocycles. The Morgan fingerprint density at radius 3 is 2.45 bits per heavy atom. The third-order valence-electron chi connectivity index (χ3n) is 5.47. The molecule has 1 aliphatic rings. The van der Waals surface area contributed by atoms with Gasteiger partial charge in [-0.2, -0.15) is 0 Å². The van der Waals surface area contributed by atoms with Crippen molar-refractivity contribution in [3.63, 3.8) is 0 Å². The molecule has 2 aromatic rings. The van der Waals surface area contributed by atoms with E-state index in [9.17, 15) is 9.59 Å². The molecule has 2 atom stereocenters. The summed E-state index contributed by atoms with van der Waals surface area (Å²) in [5, 5.41) is 2.99. The van der Waals surface area contributed by atoms with E-state index in [0.29, 0.717) is 19.5 Å². The van der Waals surface area contributed by atoms with E-state index in [2.05, 4.69) is 22.4 Å². The number of amides is 2. The molecule has 3 N–H and O–H groups in total. The van der Waals surface area contributed by atoms with Gasteiger partial charge in [0.2, 0.25) is 11.8 Å². The highest BCUT2D eigenvalue weighted by Gasteiger charge is 2.39. The number of carbonyl (C=O) groups excluding carboxylic acids is 2. The minimum atomic E-state index is -0.612. The van der Waals surface area contributed by atoms with Gasteiger partial charge in [0.05, 0.1) is 22.1 Å². The predicted molar refractivity (Wildman–Crippen MR) is 128 cm³/mol. The van der Waals surface area contributed by atoms with Crippen molar-refractivity contribution >= 4 is 23.2 Å². The van der Waals surface area contributed by atoms with Crippen LogP contribution >= 0.6 is 11.3 Å². The molecular formula is C24H36N4O2S. The highest BCUT2D eigenvalue weighted by molar-refractivity contribution is 7.13. The van der Waals surface area contributed by atoms with Crippen LogP contribution in [0.4, 0.5) is 0 Å². The number of aromatic nitrogens is 1. The van der Waals surface area contributed by atoms with Crippen LogP contribution in [0.15, 0.2) is 29.8 Å². The Kier molecular flexibility index (Phi) is 8.77. The number of nitrogens with zero attached hydrogens (tertiary/aromatic N) is 2. The zero-order valence-corrected chi connectivity index (χ0v) is 20.4. The van der Waals surface area contributed by atoms with Gasteiger partial charge in [-0.05, 0) is 36.3 Å². The number of nitrogens with one attached hydrogen (secondary N) is 1. The molecule has 0 bridgehead atoms. The summed E-state index contributed by atoms with van der Waals surface area (Å²) in [7, 11) is 0. The highest BCUT2D eigenvalue weighted by atomic mass is 32.1. The zero-order chi connectivity index (χ0) is 23.2. The smallest absolute Gasteiger partial charge is 0.243 e. The molecule has 31 heavy (non-hydrogen) atoms. The average Bonchev–Trinajstić information content (AvgIpc) is 3.41. The second-order valence-corrected chi connectivity index (χ2v) is 9.57. The first-order valence-electron chi connectivity index (χ1n) is 11.0. The van der Waals surface area contributed by atoms with Gasteiger partial charge in [-0.3, -0.25) is 9.59 Å². The molecule has 0 spiro atoms. The van der Waals surface area contributed by atoms with Crippen molar-refractivity contribution in [2.45, 2.75) is 73.0 Å². The quantitative estimate of drug-likeness (QED) is 0.726. The van der Waals surface area contributed by atoms with Crippen molar-refractivity contribution in [2.75, 3.05) is 6.54 Å². The number of carbonyl (C=O) groups is 2. The Balaban J connectivity index is 0.00000166. The molecule has 2 amide bonds. The number of hydrogen-bond donors (Lipinski definition) is 2. The maximum atomic E-state index is 12.8. The van der Waals surface area contributed by atoms with Gasteiger partial charge >= 0.3 is 0 Å². The van der Waals surface area contributed by atoms with E-state index in [0.717, 1.165) is 28.1 Å². The van der Waals surface area contributed by atoms with Crippen molar-refractivity contribution in [2.24, 2.45) is 11.1 Å². The molecule has 170 valence electrons. The van der Waals surface area contributed by atoms with Gasteiger partial charge < -0.3 is 16.0 Å². The molecule has 0 radical (unpaired) electrons. The Labute approximate surface area is 190 Å². The number of nitrogens with two attached hydrogens (primary N) is 1. The van der Waals surface area contributed by atoms with Crippen LogP contribution < -0.4 is 11.1 Å². The summed E-state index contributed by atoms with van der Waals surface area (Å²) in [5.41, 5.74) is 10.8. The molecule has 0 aliphatic carbocycles. The Morgan fingerprint density at radius 2 is 1.90 bits per heavy atom. The van der Waals surface area contributed by atoms with Crippen LogP contribution in [0.2, 0.25) is 0 Å². The lowest BCUT2D eigenvalue weighted by atomic mass is 9.86. The van der Waals surface area contributed by atoms with E-state index >= 15 is 0 Å². The van der Waals surface area contributed by atoms with Gasteiger partial charge in [-0.25, -0.2) is 4.98 Å². The van der Waals surface area contributed by atoms with Crippen LogP contribution in [0.1, 0.15) is 58.7 Å². The van der Waals surface area contributed by atoms with E-state index in [1.165, 1.54) is 0 Å². The van der Waals surface area contributed by atoms with Gasteiger partial charge in [0.15, 0.2) is 0 Å². The number of benzene rings is 1. The predicted octanol–water partition coefficient (Wildman–Crippen LogP) is 4.13. The SMILES string of the molecule is CC.Cc1ncsc1-c1ccc(CNC(=O)C2CCCN2C(=O)[C@@H](N)C(C)(C)C)cc1. The first-order valence-corrected chi connectivity index (χ1v) is 11.9. The summed E-state index contributed by atoms with van der Waals surface area (Å²) in [6, 6.07) is 7.09. The molecule has 1 aromatic carbocycles. The largest absolute Gasteiger partial charge is 0.350 e. The summed E-state index contributed by atoms with van der Waals surface area (Å²) < 4.78 is 0. The molecule has 1 fully saturated rings. The number of hydrogen-bond acceptors (Lipinski definition) is 5. The van der Waals surface area contributed by atoms with Crippen LogP contribution in [-0.4, -0.2) is 40.3 Å². The molecule has 1 aromatic heterocycles. The summed E-state index contributed by atoms with van der Waals surface area (Å²) in [6.07, 6.45) is 1.50. The fourth-order valence-electron chi connectivity index (χ4n) is 3.51. The maximum Gasteiger partial charge on any atom is 0.243 e. The van der Waals surface area contributed by atoms with Crippen molar-refractivity contribution in [3.8, 4) is 10.4 Å². The zero-order valence-electron chi connectivity index (χ0n) is 19.6. The maximum absolute atomic E-state index is 12.8. The fourth-order valence-corrected chi connectivity index (χ4v) is 4.32. The second-order valence-electron chi connectivity index (χ2n) is 8.71. The number of likely N-dealkylation sites (tertiary alicyclic amines) is 1. The van der Waals surface area contributed by atoms with E-state index in [-0.39, 0.29) is 17.2 Å². The molecule has 1 unspecified atom stereocenters. The monoisotopic (exact) mass is 444 g/mol. The summed E-state index contributed by atoms with van der Waals surface area (Å²) in [4.78, 5) is 32.6. The molecule has 0 saturated carbocycles. The van der Waals surface area contributed by atoms with Crippen LogP contribution in [0.5, 0.6) is 0 Å². The van der Waals surface area contributed by atoms with Crippen LogP contribution in [-0.2, 0) is 16.1 Å². The first-order chi connectivity index (χ1) is 14.7. The van der Waals surface area contributed by atoms with Crippen LogP contribution in [0, 0.1) is 12.3 Å². The average molecular weight is 445 g/mol. The van der Waals surface area contributed by atoms with Gasteiger partial charge in [0.1, 0.15) is 6.04 Å². The topological polar surface area (TPSA) is 88.3 Å².